The van der Waals surface area contributed by atoms with Crippen molar-refractivity contribution in [2.45, 2.75) is 46.5 Å². The van der Waals surface area contributed by atoms with Gasteiger partial charge in [0, 0.05) is 0 Å². The van der Waals surface area contributed by atoms with E-state index in [4.69, 9.17) is 0 Å². The average molecular weight is 220 g/mol. The van der Waals surface area contributed by atoms with E-state index in [1.54, 1.807) is 0 Å². The SMILES string of the molecule is C[C@@H]1C(CO)=C[C@@]2(C)CC[C@@H]3[C@@H](C)CCC132. The van der Waals surface area contributed by atoms with E-state index in [0.717, 1.165) is 11.8 Å². The topological polar surface area (TPSA) is 20.2 Å². The monoisotopic (exact) mass is 220 g/mol. The minimum absolute atomic E-state index is 0.277. The highest BCUT2D eigenvalue weighted by Gasteiger charge is 2.65. The summed E-state index contributed by atoms with van der Waals surface area (Å²) in [5.74, 6) is 2.42. The molecule has 1 spiro atoms. The first-order valence-electron chi connectivity index (χ1n) is 6.87. The second kappa shape index (κ2) is 3.13. The average Bonchev–Trinajstić information content (AvgIpc) is 2.80. The molecule has 1 heteroatoms. The van der Waals surface area contributed by atoms with Crippen LogP contribution in [0.2, 0.25) is 0 Å². The van der Waals surface area contributed by atoms with Gasteiger partial charge < -0.3 is 5.11 Å². The second-order valence-corrected chi connectivity index (χ2v) is 6.72. The lowest BCUT2D eigenvalue weighted by molar-refractivity contribution is 0.0702. The van der Waals surface area contributed by atoms with Gasteiger partial charge in [-0.15, -0.1) is 0 Å². The van der Waals surface area contributed by atoms with Crippen molar-refractivity contribution in [3.8, 4) is 0 Å². The van der Waals surface area contributed by atoms with E-state index in [1.165, 1.54) is 31.3 Å². The molecular formula is C15H24O. The zero-order valence-corrected chi connectivity index (χ0v) is 10.8. The molecule has 0 heterocycles. The van der Waals surface area contributed by atoms with Crippen molar-refractivity contribution < 1.29 is 5.11 Å². The number of aliphatic hydroxyl groups is 1. The van der Waals surface area contributed by atoms with Gasteiger partial charge in [-0.25, -0.2) is 0 Å². The van der Waals surface area contributed by atoms with Crippen LogP contribution in [0.5, 0.6) is 0 Å². The number of rotatable bonds is 1. The highest BCUT2D eigenvalue weighted by molar-refractivity contribution is 5.32. The second-order valence-electron chi connectivity index (χ2n) is 6.72. The summed E-state index contributed by atoms with van der Waals surface area (Å²) in [6, 6.07) is 0. The maximum Gasteiger partial charge on any atom is 0.0644 e. The number of hydrogen-bond acceptors (Lipinski definition) is 1. The van der Waals surface area contributed by atoms with Crippen LogP contribution in [0, 0.1) is 28.6 Å². The fraction of sp³-hybridized carbons (Fsp3) is 0.867. The normalized spacial score (nSPS) is 55.0. The first kappa shape index (κ1) is 10.8. The quantitative estimate of drug-likeness (QED) is 0.672. The van der Waals surface area contributed by atoms with Crippen LogP contribution < -0.4 is 0 Å². The van der Waals surface area contributed by atoms with E-state index in [2.05, 4.69) is 26.8 Å². The van der Waals surface area contributed by atoms with Crippen molar-refractivity contribution in [2.75, 3.05) is 6.61 Å². The standard InChI is InChI=1S/C15H24O/c1-10-4-7-15-11(2)12(9-16)8-14(15,3)6-5-13(10)15/h8,10-11,13,16H,4-7,9H2,1-3H3/t10-,11+,13+,14+,15?/m0/s1. The molecule has 0 aromatic heterocycles. The first-order chi connectivity index (χ1) is 7.55. The minimum atomic E-state index is 0.277. The van der Waals surface area contributed by atoms with E-state index in [-0.39, 0.29) is 6.61 Å². The van der Waals surface area contributed by atoms with Crippen LogP contribution in [0.4, 0.5) is 0 Å². The van der Waals surface area contributed by atoms with E-state index in [9.17, 15) is 5.11 Å². The Kier molecular flexibility index (Phi) is 2.12. The van der Waals surface area contributed by atoms with Gasteiger partial charge in [-0.2, -0.15) is 0 Å². The zero-order chi connectivity index (χ0) is 11.6. The van der Waals surface area contributed by atoms with Crippen LogP contribution in [0.25, 0.3) is 0 Å². The molecule has 0 bridgehead atoms. The molecule has 0 aliphatic heterocycles. The third-order valence-electron chi connectivity index (χ3n) is 6.42. The molecule has 0 saturated heterocycles. The Morgan fingerprint density at radius 3 is 2.75 bits per heavy atom. The molecule has 2 fully saturated rings. The van der Waals surface area contributed by atoms with Crippen molar-refractivity contribution in [3.63, 3.8) is 0 Å². The van der Waals surface area contributed by atoms with E-state index < -0.39 is 0 Å². The molecule has 5 atom stereocenters. The third-order valence-corrected chi connectivity index (χ3v) is 6.42. The van der Waals surface area contributed by atoms with E-state index in [0.29, 0.717) is 16.7 Å². The summed E-state index contributed by atoms with van der Waals surface area (Å²) < 4.78 is 0. The fourth-order valence-electron chi connectivity index (χ4n) is 5.59. The molecule has 2 saturated carbocycles. The predicted molar refractivity (Wildman–Crippen MR) is 66.0 cm³/mol. The van der Waals surface area contributed by atoms with Gasteiger partial charge in [-0.05, 0) is 59.8 Å². The molecule has 0 radical (unpaired) electrons. The van der Waals surface area contributed by atoms with E-state index in [1.807, 2.05) is 0 Å². The molecule has 3 aliphatic carbocycles. The highest BCUT2D eigenvalue weighted by Crippen LogP contribution is 2.73. The lowest BCUT2D eigenvalue weighted by atomic mass is 9.61. The molecule has 0 amide bonds. The number of hydrogen-bond donors (Lipinski definition) is 1. The van der Waals surface area contributed by atoms with Crippen molar-refractivity contribution in [3.05, 3.63) is 11.6 Å². The molecular weight excluding hydrogens is 196 g/mol. The van der Waals surface area contributed by atoms with Gasteiger partial charge in [0.05, 0.1) is 6.61 Å². The molecule has 1 nitrogen and oxygen atoms in total. The van der Waals surface area contributed by atoms with Crippen LogP contribution in [-0.4, -0.2) is 11.7 Å². The molecule has 3 aliphatic rings. The number of aliphatic hydroxyl groups excluding tert-OH is 1. The molecule has 0 aromatic carbocycles. The predicted octanol–water partition coefficient (Wildman–Crippen LogP) is 3.39. The summed E-state index contributed by atoms with van der Waals surface area (Å²) in [7, 11) is 0. The van der Waals surface area contributed by atoms with Crippen molar-refractivity contribution in [1.29, 1.82) is 0 Å². The molecule has 16 heavy (non-hydrogen) atoms. The highest BCUT2D eigenvalue weighted by atomic mass is 16.3. The summed E-state index contributed by atoms with van der Waals surface area (Å²) in [6.07, 6.45) is 7.98. The van der Waals surface area contributed by atoms with Gasteiger partial charge in [0.15, 0.2) is 0 Å². The molecule has 3 rings (SSSR count). The Hall–Kier alpha value is -0.300. The first-order valence-corrected chi connectivity index (χ1v) is 6.87. The molecule has 1 N–H and O–H groups in total. The van der Waals surface area contributed by atoms with Crippen molar-refractivity contribution in [2.24, 2.45) is 28.6 Å². The minimum Gasteiger partial charge on any atom is -0.392 e. The van der Waals surface area contributed by atoms with Gasteiger partial charge in [0.2, 0.25) is 0 Å². The zero-order valence-electron chi connectivity index (χ0n) is 10.8. The van der Waals surface area contributed by atoms with Crippen LogP contribution in [0.1, 0.15) is 46.5 Å². The maximum atomic E-state index is 9.52. The lowest BCUT2D eigenvalue weighted by Crippen LogP contribution is -2.38. The number of allylic oxidation sites excluding steroid dienone is 1. The largest absolute Gasteiger partial charge is 0.392 e. The Balaban J connectivity index is 2.08. The summed E-state index contributed by atoms with van der Waals surface area (Å²) in [5.41, 5.74) is 2.21. The summed E-state index contributed by atoms with van der Waals surface area (Å²) in [5, 5.41) is 9.52. The van der Waals surface area contributed by atoms with Gasteiger partial charge in [-0.1, -0.05) is 26.8 Å². The Bertz CT molecular complexity index is 345. The Morgan fingerprint density at radius 2 is 2.06 bits per heavy atom. The molecule has 0 aromatic rings. The van der Waals surface area contributed by atoms with Crippen molar-refractivity contribution >= 4 is 0 Å². The smallest absolute Gasteiger partial charge is 0.0644 e. The van der Waals surface area contributed by atoms with Crippen LogP contribution in [0.3, 0.4) is 0 Å². The van der Waals surface area contributed by atoms with Crippen LogP contribution in [-0.2, 0) is 0 Å². The molecule has 90 valence electrons. The van der Waals surface area contributed by atoms with Crippen LogP contribution >= 0.6 is 0 Å². The third kappa shape index (κ3) is 0.971. The van der Waals surface area contributed by atoms with Gasteiger partial charge in [-0.3, -0.25) is 0 Å². The van der Waals surface area contributed by atoms with Crippen LogP contribution in [0.15, 0.2) is 11.6 Å². The Morgan fingerprint density at radius 1 is 1.31 bits per heavy atom. The van der Waals surface area contributed by atoms with E-state index >= 15 is 0 Å². The summed E-state index contributed by atoms with van der Waals surface area (Å²) >= 11 is 0. The van der Waals surface area contributed by atoms with Gasteiger partial charge in [0.1, 0.15) is 0 Å². The lowest BCUT2D eigenvalue weighted by Gasteiger charge is -2.42. The summed E-state index contributed by atoms with van der Waals surface area (Å²) in [6.45, 7) is 7.53. The summed E-state index contributed by atoms with van der Waals surface area (Å²) in [4.78, 5) is 0. The molecule has 1 unspecified atom stereocenters. The van der Waals surface area contributed by atoms with Crippen molar-refractivity contribution in [1.82, 2.24) is 0 Å². The van der Waals surface area contributed by atoms with Gasteiger partial charge in [0.25, 0.3) is 0 Å². The Labute approximate surface area is 98.9 Å². The maximum absolute atomic E-state index is 9.52. The van der Waals surface area contributed by atoms with Gasteiger partial charge >= 0.3 is 0 Å². The fourth-order valence-corrected chi connectivity index (χ4v) is 5.59.